The number of carbonyl (C=O) groups is 1. The molecule has 3 heterocycles. The van der Waals surface area contributed by atoms with E-state index in [1.807, 2.05) is 18.4 Å². The van der Waals surface area contributed by atoms with Gasteiger partial charge in [0.05, 0.1) is 15.7 Å². The molecule has 5 rings (SSSR count). The molecule has 1 unspecified atom stereocenters. The molecule has 0 saturated heterocycles. The van der Waals surface area contributed by atoms with Crippen LogP contribution >= 0.6 is 34.4 Å². The zero-order valence-corrected chi connectivity index (χ0v) is 19.7. The average molecular weight is 470 g/mol. The minimum atomic E-state index is -0.341. The van der Waals surface area contributed by atoms with Gasteiger partial charge in [-0.05, 0) is 62.5 Å². The SMILES string of the molecule is CC(Sc1nnc(-c2cccs2)n1C1CC1)C(=O)Nc1sc2c(c1C#N)CCCCC2. The highest BCUT2D eigenvalue weighted by Gasteiger charge is 2.32. The number of amides is 1. The molecule has 0 spiro atoms. The summed E-state index contributed by atoms with van der Waals surface area (Å²) in [5, 5.41) is 24.8. The van der Waals surface area contributed by atoms with Gasteiger partial charge >= 0.3 is 0 Å². The Hall–Kier alpha value is -2.15. The van der Waals surface area contributed by atoms with E-state index < -0.39 is 0 Å². The first kappa shape index (κ1) is 20.7. The fourth-order valence-corrected chi connectivity index (χ4v) is 6.83. The van der Waals surface area contributed by atoms with Crippen LogP contribution in [0.3, 0.4) is 0 Å². The van der Waals surface area contributed by atoms with Crippen molar-refractivity contribution in [3.63, 3.8) is 0 Å². The molecule has 0 aliphatic heterocycles. The van der Waals surface area contributed by atoms with Crippen LogP contribution in [-0.4, -0.2) is 25.9 Å². The minimum absolute atomic E-state index is 0.0964. The lowest BCUT2D eigenvalue weighted by atomic mass is 10.1. The van der Waals surface area contributed by atoms with Gasteiger partial charge < -0.3 is 5.32 Å². The molecular weight excluding hydrogens is 446 g/mol. The number of nitrogens with one attached hydrogen (secondary N) is 1. The Bertz CT molecular complexity index is 1140. The molecule has 1 amide bonds. The lowest BCUT2D eigenvalue weighted by molar-refractivity contribution is -0.115. The first-order chi connectivity index (χ1) is 15.2. The second-order valence-corrected chi connectivity index (χ2v) is 11.4. The maximum atomic E-state index is 13.0. The third-order valence-electron chi connectivity index (χ3n) is 5.74. The van der Waals surface area contributed by atoms with Gasteiger partial charge in [-0.25, -0.2) is 0 Å². The molecule has 2 aliphatic carbocycles. The van der Waals surface area contributed by atoms with Crippen molar-refractivity contribution in [2.24, 2.45) is 0 Å². The number of hydrogen-bond donors (Lipinski definition) is 1. The van der Waals surface area contributed by atoms with E-state index in [4.69, 9.17) is 0 Å². The molecule has 31 heavy (non-hydrogen) atoms. The Labute approximate surface area is 193 Å². The van der Waals surface area contributed by atoms with Gasteiger partial charge in [-0.3, -0.25) is 9.36 Å². The first-order valence-electron chi connectivity index (χ1n) is 10.7. The lowest BCUT2D eigenvalue weighted by Gasteiger charge is -2.13. The van der Waals surface area contributed by atoms with Crippen molar-refractivity contribution in [1.29, 1.82) is 5.26 Å². The Morgan fingerprint density at radius 1 is 1.32 bits per heavy atom. The van der Waals surface area contributed by atoms with Gasteiger partial charge in [-0.2, -0.15) is 5.26 Å². The van der Waals surface area contributed by atoms with Gasteiger partial charge in [-0.1, -0.05) is 24.2 Å². The van der Waals surface area contributed by atoms with Crippen LogP contribution in [0.15, 0.2) is 22.7 Å². The van der Waals surface area contributed by atoms with Gasteiger partial charge in [0.2, 0.25) is 5.91 Å². The molecule has 9 heteroatoms. The van der Waals surface area contributed by atoms with Crippen LogP contribution in [0.2, 0.25) is 0 Å². The van der Waals surface area contributed by atoms with Crippen molar-refractivity contribution in [1.82, 2.24) is 14.8 Å². The van der Waals surface area contributed by atoms with E-state index in [1.165, 1.54) is 23.1 Å². The van der Waals surface area contributed by atoms with Crippen molar-refractivity contribution in [3.8, 4) is 16.8 Å². The normalized spacial score (nSPS) is 16.9. The number of aromatic nitrogens is 3. The summed E-state index contributed by atoms with van der Waals surface area (Å²) in [4.78, 5) is 15.4. The number of nitrogens with zero attached hydrogens (tertiary/aromatic N) is 4. The van der Waals surface area contributed by atoms with E-state index in [0.29, 0.717) is 16.6 Å². The van der Waals surface area contributed by atoms with E-state index in [9.17, 15) is 10.1 Å². The molecule has 1 atom stereocenters. The van der Waals surface area contributed by atoms with E-state index in [1.54, 1.807) is 22.7 Å². The summed E-state index contributed by atoms with van der Waals surface area (Å²) in [6.07, 6.45) is 7.66. The van der Waals surface area contributed by atoms with Crippen LogP contribution in [0.5, 0.6) is 0 Å². The van der Waals surface area contributed by atoms with Gasteiger partial charge in [0.15, 0.2) is 11.0 Å². The summed E-state index contributed by atoms with van der Waals surface area (Å²) in [5.41, 5.74) is 1.81. The van der Waals surface area contributed by atoms with Gasteiger partial charge in [0.1, 0.15) is 11.1 Å². The second-order valence-electron chi connectivity index (χ2n) is 8.01. The number of thioether (sulfide) groups is 1. The van der Waals surface area contributed by atoms with Crippen LogP contribution < -0.4 is 5.32 Å². The predicted octanol–water partition coefficient (Wildman–Crippen LogP) is 5.66. The Balaban J connectivity index is 1.34. The highest BCUT2D eigenvalue weighted by atomic mass is 32.2. The fraction of sp³-hybridized carbons (Fsp3) is 0.455. The van der Waals surface area contributed by atoms with Crippen LogP contribution in [0.25, 0.3) is 10.7 Å². The zero-order valence-electron chi connectivity index (χ0n) is 17.3. The monoisotopic (exact) mass is 469 g/mol. The Morgan fingerprint density at radius 3 is 2.90 bits per heavy atom. The van der Waals surface area contributed by atoms with Crippen LogP contribution in [-0.2, 0) is 17.6 Å². The highest BCUT2D eigenvalue weighted by molar-refractivity contribution is 8.00. The molecule has 0 bridgehead atoms. The topological polar surface area (TPSA) is 83.6 Å². The van der Waals surface area contributed by atoms with Crippen molar-refractivity contribution in [2.75, 3.05) is 5.32 Å². The maximum Gasteiger partial charge on any atom is 0.238 e. The number of nitriles is 1. The quantitative estimate of drug-likeness (QED) is 0.372. The molecular formula is C22H23N5OS3. The van der Waals surface area contributed by atoms with Crippen molar-refractivity contribution in [3.05, 3.63) is 33.5 Å². The summed E-state index contributed by atoms with van der Waals surface area (Å²) in [6, 6.07) is 6.84. The van der Waals surface area contributed by atoms with Crippen LogP contribution in [0, 0.1) is 11.3 Å². The summed E-state index contributed by atoms with van der Waals surface area (Å²) >= 11 is 4.67. The number of thiophene rings is 2. The standard InChI is InChI=1S/C22H23N5OS3/c1-13(20(28)24-21-16(12-23)15-6-3-2-4-7-17(15)31-21)30-22-26-25-19(18-8-5-11-29-18)27(22)14-9-10-14/h5,8,11,13-14H,2-4,6-7,9-10H2,1H3,(H,24,28). The number of anilines is 1. The third-order valence-corrected chi connectivity index (χ3v) is 8.87. The molecule has 1 saturated carbocycles. The molecule has 0 aromatic carbocycles. The average Bonchev–Trinajstić information content (AvgIpc) is 3.23. The fourth-order valence-electron chi connectivity index (χ4n) is 3.97. The third kappa shape index (κ3) is 4.16. The van der Waals surface area contributed by atoms with Crippen LogP contribution in [0.4, 0.5) is 5.00 Å². The maximum absolute atomic E-state index is 13.0. The Morgan fingerprint density at radius 2 is 2.16 bits per heavy atom. The van der Waals surface area contributed by atoms with Crippen LogP contribution in [0.1, 0.15) is 61.1 Å². The smallest absolute Gasteiger partial charge is 0.238 e. The van der Waals surface area contributed by atoms with E-state index in [2.05, 4.69) is 32.2 Å². The predicted molar refractivity (Wildman–Crippen MR) is 126 cm³/mol. The summed E-state index contributed by atoms with van der Waals surface area (Å²) in [6.45, 7) is 1.89. The summed E-state index contributed by atoms with van der Waals surface area (Å²) in [5.74, 6) is 0.794. The summed E-state index contributed by atoms with van der Waals surface area (Å²) < 4.78 is 2.19. The van der Waals surface area contributed by atoms with E-state index >= 15 is 0 Å². The minimum Gasteiger partial charge on any atom is -0.316 e. The van der Waals surface area contributed by atoms with Gasteiger partial charge in [-0.15, -0.1) is 32.9 Å². The lowest BCUT2D eigenvalue weighted by Crippen LogP contribution is -2.23. The number of carbonyl (C=O) groups excluding carboxylic acids is 1. The molecule has 3 aromatic heterocycles. The molecule has 1 fully saturated rings. The van der Waals surface area contributed by atoms with E-state index in [-0.39, 0.29) is 11.2 Å². The molecule has 6 nitrogen and oxygen atoms in total. The summed E-state index contributed by atoms with van der Waals surface area (Å²) in [7, 11) is 0. The molecule has 3 aromatic rings. The van der Waals surface area contributed by atoms with Gasteiger partial charge in [0, 0.05) is 10.9 Å². The highest BCUT2D eigenvalue weighted by Crippen LogP contribution is 2.43. The van der Waals surface area contributed by atoms with Crippen molar-refractivity contribution in [2.45, 2.75) is 68.3 Å². The molecule has 2 aliphatic rings. The first-order valence-corrected chi connectivity index (χ1v) is 13.2. The Kier molecular flexibility index (Phi) is 5.87. The van der Waals surface area contributed by atoms with E-state index in [0.717, 1.165) is 59.9 Å². The van der Waals surface area contributed by atoms with Gasteiger partial charge in [0.25, 0.3) is 0 Å². The second kappa shape index (κ2) is 8.77. The van der Waals surface area contributed by atoms with Crippen molar-refractivity contribution < 1.29 is 4.79 Å². The number of aryl methyl sites for hydroxylation is 1. The van der Waals surface area contributed by atoms with Crippen molar-refractivity contribution >= 4 is 45.3 Å². The molecule has 0 radical (unpaired) electrons. The zero-order chi connectivity index (χ0) is 21.4. The number of fused-ring (bicyclic) bond motifs is 1. The largest absolute Gasteiger partial charge is 0.316 e. The molecule has 160 valence electrons. The molecule has 1 N–H and O–H groups in total. The number of rotatable bonds is 6. The number of hydrogen-bond acceptors (Lipinski definition) is 7.